The maximum Gasteiger partial charge on any atom is 0.271 e. The van der Waals surface area contributed by atoms with Crippen molar-refractivity contribution in [2.24, 2.45) is 5.92 Å². The average Bonchev–Trinajstić information content (AvgIpc) is 3.11. The van der Waals surface area contributed by atoms with Gasteiger partial charge in [-0.1, -0.05) is 0 Å². The van der Waals surface area contributed by atoms with Gasteiger partial charge in [0.15, 0.2) is 0 Å². The zero-order valence-corrected chi connectivity index (χ0v) is 13.5. The van der Waals surface area contributed by atoms with Crippen LogP contribution in [0, 0.1) is 12.8 Å². The lowest BCUT2D eigenvalue weighted by Gasteiger charge is -2.37. The molecule has 2 aliphatic rings. The molecule has 2 saturated heterocycles. The van der Waals surface area contributed by atoms with Gasteiger partial charge in [-0.15, -0.1) is 0 Å². The Kier molecular flexibility index (Phi) is 5.53. The Morgan fingerprint density at radius 3 is 2.78 bits per heavy atom. The van der Waals surface area contributed by atoms with E-state index >= 15 is 0 Å². The molecule has 0 spiro atoms. The molecule has 3 heterocycles. The largest absolute Gasteiger partial charge is 0.381 e. The van der Waals surface area contributed by atoms with E-state index in [-0.39, 0.29) is 11.9 Å². The zero-order chi connectivity index (χ0) is 16.1. The van der Waals surface area contributed by atoms with E-state index in [2.05, 4.69) is 20.2 Å². The van der Waals surface area contributed by atoms with Crippen molar-refractivity contribution in [3.8, 4) is 0 Å². The van der Waals surface area contributed by atoms with E-state index in [1.54, 1.807) is 6.20 Å². The summed E-state index contributed by atoms with van der Waals surface area (Å²) >= 11 is 0. The number of aryl methyl sites for hydroxylation is 1. The van der Waals surface area contributed by atoms with Crippen LogP contribution in [0.1, 0.15) is 22.6 Å². The van der Waals surface area contributed by atoms with Crippen LogP contribution in [0.4, 0.5) is 0 Å². The van der Waals surface area contributed by atoms with Crippen LogP contribution in [0.2, 0.25) is 0 Å². The van der Waals surface area contributed by atoms with Crippen LogP contribution >= 0.6 is 0 Å². The van der Waals surface area contributed by atoms with Crippen molar-refractivity contribution in [2.45, 2.75) is 19.4 Å². The highest BCUT2D eigenvalue weighted by Crippen LogP contribution is 2.21. The number of aromatic nitrogens is 2. The van der Waals surface area contributed by atoms with Crippen LogP contribution in [0.15, 0.2) is 12.4 Å². The molecule has 2 fully saturated rings. The number of nitrogens with zero attached hydrogens (tertiary/aromatic N) is 3. The number of morpholine rings is 1. The molecule has 2 aliphatic heterocycles. The van der Waals surface area contributed by atoms with Crippen LogP contribution < -0.4 is 5.32 Å². The first-order valence-corrected chi connectivity index (χ1v) is 8.20. The van der Waals surface area contributed by atoms with Crippen molar-refractivity contribution in [3.63, 3.8) is 0 Å². The predicted octanol–water partition coefficient (Wildman–Crippen LogP) is 0.252. The fourth-order valence-electron chi connectivity index (χ4n) is 3.16. The molecule has 0 aliphatic carbocycles. The number of rotatable bonds is 5. The maximum atomic E-state index is 12.3. The summed E-state index contributed by atoms with van der Waals surface area (Å²) in [6.45, 7) is 7.34. The monoisotopic (exact) mass is 320 g/mol. The van der Waals surface area contributed by atoms with Crippen LogP contribution in [-0.2, 0) is 9.47 Å². The Labute approximate surface area is 136 Å². The molecule has 1 amide bonds. The Morgan fingerprint density at radius 2 is 2.13 bits per heavy atom. The van der Waals surface area contributed by atoms with Gasteiger partial charge in [0.05, 0.1) is 31.7 Å². The zero-order valence-electron chi connectivity index (χ0n) is 13.5. The summed E-state index contributed by atoms with van der Waals surface area (Å²) in [4.78, 5) is 22.9. The minimum Gasteiger partial charge on any atom is -0.381 e. The molecule has 0 unspecified atom stereocenters. The van der Waals surface area contributed by atoms with Crippen molar-refractivity contribution >= 4 is 5.91 Å². The van der Waals surface area contributed by atoms with Crippen molar-refractivity contribution in [1.82, 2.24) is 20.2 Å². The lowest BCUT2D eigenvalue weighted by Crippen LogP contribution is -2.52. The highest BCUT2D eigenvalue weighted by atomic mass is 16.5. The number of carbonyl (C=O) groups excluding carboxylic acids is 1. The van der Waals surface area contributed by atoms with Gasteiger partial charge in [0.25, 0.3) is 5.91 Å². The highest BCUT2D eigenvalue weighted by Gasteiger charge is 2.31. The first-order valence-electron chi connectivity index (χ1n) is 8.20. The molecule has 0 bridgehead atoms. The third-order valence-electron chi connectivity index (χ3n) is 4.51. The molecular weight excluding hydrogens is 296 g/mol. The Balaban J connectivity index is 1.61. The summed E-state index contributed by atoms with van der Waals surface area (Å²) in [5.74, 6) is 0.284. The van der Waals surface area contributed by atoms with Crippen LogP contribution in [0.5, 0.6) is 0 Å². The van der Waals surface area contributed by atoms with Gasteiger partial charge in [-0.25, -0.2) is 4.98 Å². The molecule has 1 aromatic rings. The normalized spacial score (nSPS) is 23.6. The predicted molar refractivity (Wildman–Crippen MR) is 84.2 cm³/mol. The standard InChI is InChI=1S/C16H24N4O3/c1-12-8-18-14(9-17-12)16(21)19-10-15(13-2-5-23-11-13)20-3-6-22-7-4-20/h8-9,13,15H,2-7,10-11H2,1H3,(H,19,21)/t13-,15-/m1/s1. The summed E-state index contributed by atoms with van der Waals surface area (Å²) in [5, 5.41) is 3.01. The lowest BCUT2D eigenvalue weighted by atomic mass is 9.97. The number of nitrogens with one attached hydrogen (secondary N) is 1. The number of hydrogen-bond acceptors (Lipinski definition) is 6. The van der Waals surface area contributed by atoms with Gasteiger partial charge >= 0.3 is 0 Å². The van der Waals surface area contributed by atoms with E-state index in [1.807, 2.05) is 6.92 Å². The van der Waals surface area contributed by atoms with Crippen LogP contribution in [-0.4, -0.2) is 72.9 Å². The van der Waals surface area contributed by atoms with Gasteiger partial charge in [-0.3, -0.25) is 14.7 Å². The Hall–Kier alpha value is -1.57. The summed E-state index contributed by atoms with van der Waals surface area (Å²) in [6.07, 6.45) is 4.18. The van der Waals surface area contributed by atoms with E-state index < -0.39 is 0 Å². The van der Waals surface area contributed by atoms with E-state index in [1.165, 1.54) is 6.20 Å². The molecule has 7 nitrogen and oxygen atoms in total. The van der Waals surface area contributed by atoms with Crippen LogP contribution in [0.3, 0.4) is 0 Å². The minimum absolute atomic E-state index is 0.172. The van der Waals surface area contributed by atoms with Gasteiger partial charge in [0.1, 0.15) is 5.69 Å². The fourth-order valence-corrected chi connectivity index (χ4v) is 3.16. The quantitative estimate of drug-likeness (QED) is 0.838. The third-order valence-corrected chi connectivity index (χ3v) is 4.51. The summed E-state index contributed by atoms with van der Waals surface area (Å²) in [7, 11) is 0. The molecule has 3 rings (SSSR count). The van der Waals surface area contributed by atoms with E-state index in [0.29, 0.717) is 18.2 Å². The summed E-state index contributed by atoms with van der Waals surface area (Å²) in [6, 6.07) is 0.281. The van der Waals surface area contributed by atoms with Crippen molar-refractivity contribution in [3.05, 3.63) is 23.8 Å². The van der Waals surface area contributed by atoms with Gasteiger partial charge in [-0.05, 0) is 13.3 Å². The molecule has 0 saturated carbocycles. The van der Waals surface area contributed by atoms with Gasteiger partial charge in [0.2, 0.25) is 0 Å². The summed E-state index contributed by atoms with van der Waals surface area (Å²) in [5.41, 5.74) is 1.16. The highest BCUT2D eigenvalue weighted by molar-refractivity contribution is 5.91. The lowest BCUT2D eigenvalue weighted by molar-refractivity contribution is 0.00165. The minimum atomic E-state index is -0.172. The summed E-state index contributed by atoms with van der Waals surface area (Å²) < 4.78 is 11.0. The molecular formula is C16H24N4O3. The molecule has 1 N–H and O–H groups in total. The van der Waals surface area contributed by atoms with Crippen molar-refractivity contribution in [1.29, 1.82) is 0 Å². The first-order chi connectivity index (χ1) is 11.2. The molecule has 0 aromatic carbocycles. The number of amides is 1. The smallest absolute Gasteiger partial charge is 0.271 e. The SMILES string of the molecule is Cc1cnc(C(=O)NC[C@H]([C@@H]2CCOC2)N2CCOCC2)cn1. The molecule has 0 radical (unpaired) electrons. The second kappa shape index (κ2) is 7.81. The molecule has 23 heavy (non-hydrogen) atoms. The van der Waals surface area contributed by atoms with E-state index in [9.17, 15) is 4.79 Å². The molecule has 1 aromatic heterocycles. The van der Waals surface area contributed by atoms with Gasteiger partial charge < -0.3 is 14.8 Å². The average molecular weight is 320 g/mol. The van der Waals surface area contributed by atoms with Gasteiger partial charge in [-0.2, -0.15) is 0 Å². The molecule has 126 valence electrons. The third kappa shape index (κ3) is 4.25. The number of carbonyl (C=O) groups is 1. The fraction of sp³-hybridized carbons (Fsp3) is 0.688. The molecule has 7 heteroatoms. The van der Waals surface area contributed by atoms with Crippen LogP contribution in [0.25, 0.3) is 0 Å². The van der Waals surface area contributed by atoms with Crippen molar-refractivity contribution in [2.75, 3.05) is 46.1 Å². The topological polar surface area (TPSA) is 76.6 Å². The number of ether oxygens (including phenoxy) is 2. The first kappa shape index (κ1) is 16.3. The maximum absolute atomic E-state index is 12.3. The Morgan fingerprint density at radius 1 is 1.30 bits per heavy atom. The van der Waals surface area contributed by atoms with Crippen molar-refractivity contribution < 1.29 is 14.3 Å². The number of hydrogen-bond donors (Lipinski definition) is 1. The second-order valence-electron chi connectivity index (χ2n) is 6.09. The van der Waals surface area contributed by atoms with Gasteiger partial charge in [0, 0.05) is 44.4 Å². The Bertz CT molecular complexity index is 511. The van der Waals surface area contributed by atoms with E-state index in [0.717, 1.165) is 51.6 Å². The second-order valence-corrected chi connectivity index (χ2v) is 6.09. The van der Waals surface area contributed by atoms with E-state index in [4.69, 9.17) is 9.47 Å². The molecule has 2 atom stereocenters.